The second kappa shape index (κ2) is 8.54. The second-order valence-corrected chi connectivity index (χ2v) is 7.54. The van der Waals surface area contributed by atoms with E-state index in [0.717, 1.165) is 43.2 Å². The summed E-state index contributed by atoms with van der Waals surface area (Å²) in [6, 6.07) is 18.5. The molecule has 1 aliphatic heterocycles. The van der Waals surface area contributed by atoms with Crippen molar-refractivity contribution in [3.8, 4) is 0 Å². The summed E-state index contributed by atoms with van der Waals surface area (Å²) in [7, 11) is 0. The Morgan fingerprint density at radius 1 is 1.04 bits per heavy atom. The van der Waals surface area contributed by atoms with E-state index in [0.29, 0.717) is 0 Å². The fourth-order valence-electron chi connectivity index (χ4n) is 3.23. The number of fused-ring (bicyclic) bond motifs is 1. The van der Waals surface area contributed by atoms with Crippen LogP contribution in [-0.2, 0) is 0 Å². The molecule has 1 aliphatic rings. The van der Waals surface area contributed by atoms with E-state index < -0.39 is 0 Å². The quantitative estimate of drug-likeness (QED) is 0.772. The molecular formula is C21H26N2OS. The number of carbonyl (C=O) groups excluding carboxylic acids is 1. The lowest BCUT2D eigenvalue weighted by Crippen LogP contribution is -2.39. The molecule has 25 heavy (non-hydrogen) atoms. The normalized spacial score (nSPS) is 17.5. The third-order valence-corrected chi connectivity index (χ3v) is 6.13. The molecule has 1 unspecified atom stereocenters. The van der Waals surface area contributed by atoms with Gasteiger partial charge in [0.05, 0.1) is 10.8 Å². The lowest BCUT2D eigenvalue weighted by Gasteiger charge is -2.27. The molecule has 0 fully saturated rings. The molecule has 0 bridgehead atoms. The van der Waals surface area contributed by atoms with E-state index in [4.69, 9.17) is 0 Å². The predicted molar refractivity (Wildman–Crippen MR) is 105 cm³/mol. The smallest absolute Gasteiger partial charge is 0.255 e. The van der Waals surface area contributed by atoms with Crippen molar-refractivity contribution < 1.29 is 4.79 Å². The first-order valence-electron chi connectivity index (χ1n) is 9.05. The molecule has 0 spiro atoms. The summed E-state index contributed by atoms with van der Waals surface area (Å²) in [5.74, 6) is 0.161. The zero-order chi connectivity index (χ0) is 17.6. The van der Waals surface area contributed by atoms with Crippen LogP contribution in [0.4, 0.5) is 0 Å². The first-order chi connectivity index (χ1) is 12.2. The lowest BCUT2D eigenvalue weighted by atomic mass is 10.1. The maximum atomic E-state index is 13.1. The fourth-order valence-corrected chi connectivity index (χ4v) is 4.52. The topological polar surface area (TPSA) is 23.6 Å². The SMILES string of the molecule is CCN(CC)CCN1CC(c2ccccc2)Sc2ccccc2C1=O. The number of nitrogens with zero attached hydrogens (tertiary/aromatic N) is 2. The minimum absolute atomic E-state index is 0.161. The van der Waals surface area contributed by atoms with Crippen molar-refractivity contribution in [1.29, 1.82) is 0 Å². The number of hydrogen-bond donors (Lipinski definition) is 0. The Balaban J connectivity index is 1.87. The number of amides is 1. The van der Waals surface area contributed by atoms with E-state index >= 15 is 0 Å². The largest absolute Gasteiger partial charge is 0.336 e. The standard InChI is InChI=1S/C21H26N2OS/c1-3-22(4-2)14-15-23-16-20(17-10-6-5-7-11-17)25-19-13-9-8-12-18(19)21(23)24/h5-13,20H,3-4,14-16H2,1-2H3. The third kappa shape index (κ3) is 4.25. The van der Waals surface area contributed by atoms with E-state index in [1.165, 1.54) is 5.56 Å². The molecule has 0 radical (unpaired) electrons. The molecule has 0 saturated carbocycles. The first kappa shape index (κ1) is 18.0. The number of rotatable bonds is 6. The van der Waals surface area contributed by atoms with Crippen molar-refractivity contribution >= 4 is 17.7 Å². The number of hydrogen-bond acceptors (Lipinski definition) is 3. The molecule has 1 heterocycles. The van der Waals surface area contributed by atoms with Crippen molar-refractivity contribution in [3.05, 3.63) is 65.7 Å². The monoisotopic (exact) mass is 354 g/mol. The molecule has 0 N–H and O–H groups in total. The van der Waals surface area contributed by atoms with Gasteiger partial charge in [-0.2, -0.15) is 0 Å². The molecular weight excluding hydrogens is 328 g/mol. The summed E-state index contributed by atoms with van der Waals surface area (Å²) in [5, 5.41) is 0.269. The summed E-state index contributed by atoms with van der Waals surface area (Å²) < 4.78 is 0. The molecule has 132 valence electrons. The van der Waals surface area contributed by atoms with Gasteiger partial charge in [-0.05, 0) is 30.8 Å². The van der Waals surface area contributed by atoms with Gasteiger partial charge in [-0.3, -0.25) is 4.79 Å². The maximum absolute atomic E-state index is 13.1. The highest BCUT2D eigenvalue weighted by Crippen LogP contribution is 2.40. The Kier molecular flexibility index (Phi) is 6.16. The van der Waals surface area contributed by atoms with Gasteiger partial charge in [0.15, 0.2) is 0 Å². The third-order valence-electron chi connectivity index (χ3n) is 4.81. The van der Waals surface area contributed by atoms with Gasteiger partial charge in [0.2, 0.25) is 0 Å². The van der Waals surface area contributed by atoms with Gasteiger partial charge >= 0.3 is 0 Å². The van der Waals surface area contributed by atoms with Crippen LogP contribution in [0, 0.1) is 0 Å². The highest BCUT2D eigenvalue weighted by Gasteiger charge is 2.28. The highest BCUT2D eigenvalue weighted by molar-refractivity contribution is 7.99. The number of carbonyl (C=O) groups is 1. The van der Waals surface area contributed by atoms with Gasteiger partial charge in [-0.1, -0.05) is 56.3 Å². The molecule has 2 aromatic rings. The van der Waals surface area contributed by atoms with Crippen LogP contribution in [0.25, 0.3) is 0 Å². The van der Waals surface area contributed by atoms with E-state index in [9.17, 15) is 4.79 Å². The molecule has 0 saturated heterocycles. The molecule has 0 aliphatic carbocycles. The van der Waals surface area contributed by atoms with Gasteiger partial charge in [-0.15, -0.1) is 11.8 Å². The van der Waals surface area contributed by atoms with Crippen LogP contribution in [0.1, 0.15) is 35.0 Å². The van der Waals surface area contributed by atoms with Crippen LogP contribution >= 0.6 is 11.8 Å². The van der Waals surface area contributed by atoms with Crippen LogP contribution in [0.15, 0.2) is 59.5 Å². The maximum Gasteiger partial charge on any atom is 0.255 e. The van der Waals surface area contributed by atoms with E-state index in [2.05, 4.69) is 49.1 Å². The summed E-state index contributed by atoms with van der Waals surface area (Å²) in [6.07, 6.45) is 0. The first-order valence-corrected chi connectivity index (χ1v) is 9.93. The molecule has 3 rings (SSSR count). The van der Waals surface area contributed by atoms with Crippen molar-refractivity contribution in [3.63, 3.8) is 0 Å². The molecule has 1 amide bonds. The molecule has 3 nitrogen and oxygen atoms in total. The van der Waals surface area contributed by atoms with Crippen LogP contribution in [0.2, 0.25) is 0 Å². The van der Waals surface area contributed by atoms with Gasteiger partial charge in [-0.25, -0.2) is 0 Å². The van der Waals surface area contributed by atoms with Crippen molar-refractivity contribution in [2.75, 3.05) is 32.7 Å². The molecule has 1 atom stereocenters. The zero-order valence-corrected chi connectivity index (χ0v) is 15.8. The van der Waals surface area contributed by atoms with Crippen molar-refractivity contribution in [2.24, 2.45) is 0 Å². The lowest BCUT2D eigenvalue weighted by molar-refractivity contribution is 0.0737. The van der Waals surface area contributed by atoms with Crippen LogP contribution < -0.4 is 0 Å². The number of benzene rings is 2. The van der Waals surface area contributed by atoms with E-state index in [1.807, 2.05) is 40.9 Å². The minimum atomic E-state index is 0.161. The average molecular weight is 355 g/mol. The van der Waals surface area contributed by atoms with E-state index in [1.54, 1.807) is 0 Å². The van der Waals surface area contributed by atoms with Crippen LogP contribution in [-0.4, -0.2) is 48.4 Å². The number of thioether (sulfide) groups is 1. The predicted octanol–water partition coefficient (Wildman–Crippen LogP) is 4.32. The Morgan fingerprint density at radius 3 is 2.44 bits per heavy atom. The van der Waals surface area contributed by atoms with Gasteiger partial charge in [0.1, 0.15) is 0 Å². The molecule has 4 heteroatoms. The summed E-state index contributed by atoms with van der Waals surface area (Å²) >= 11 is 1.81. The average Bonchev–Trinajstić information content (AvgIpc) is 2.81. The highest BCUT2D eigenvalue weighted by atomic mass is 32.2. The zero-order valence-electron chi connectivity index (χ0n) is 15.0. The summed E-state index contributed by atoms with van der Waals surface area (Å²) in [5.41, 5.74) is 2.12. The second-order valence-electron chi connectivity index (χ2n) is 6.29. The molecule has 2 aromatic carbocycles. The van der Waals surface area contributed by atoms with E-state index in [-0.39, 0.29) is 11.2 Å². The number of likely N-dealkylation sites (N-methyl/N-ethyl adjacent to an activating group) is 1. The minimum Gasteiger partial charge on any atom is -0.336 e. The van der Waals surface area contributed by atoms with Gasteiger partial charge in [0, 0.05) is 24.5 Å². The van der Waals surface area contributed by atoms with Crippen molar-refractivity contribution in [1.82, 2.24) is 9.80 Å². The van der Waals surface area contributed by atoms with Crippen LogP contribution in [0.5, 0.6) is 0 Å². The summed E-state index contributed by atoms with van der Waals surface area (Å²) in [4.78, 5) is 18.6. The Labute approximate surface area is 155 Å². The van der Waals surface area contributed by atoms with Crippen molar-refractivity contribution in [2.45, 2.75) is 24.0 Å². The van der Waals surface area contributed by atoms with Crippen LogP contribution in [0.3, 0.4) is 0 Å². The summed E-state index contributed by atoms with van der Waals surface area (Å²) in [6.45, 7) is 8.84. The van der Waals surface area contributed by atoms with Gasteiger partial charge in [0.25, 0.3) is 5.91 Å². The molecule has 0 aromatic heterocycles. The Hall–Kier alpha value is -1.78. The Morgan fingerprint density at radius 2 is 1.72 bits per heavy atom. The van der Waals surface area contributed by atoms with Gasteiger partial charge < -0.3 is 9.80 Å². The fraction of sp³-hybridized carbons (Fsp3) is 0.381. The Bertz CT molecular complexity index is 700.